The molecule has 0 heterocycles. The van der Waals surface area contributed by atoms with E-state index in [1.165, 1.54) is 12.5 Å². The molecule has 0 bridgehead atoms. The van der Waals surface area contributed by atoms with Crippen LogP contribution >= 0.6 is 0 Å². The van der Waals surface area contributed by atoms with Gasteiger partial charge in [-0.3, -0.25) is 9.59 Å². The molecule has 3 N–H and O–H groups in total. The highest BCUT2D eigenvalue weighted by Gasteiger charge is 2.15. The lowest BCUT2D eigenvalue weighted by atomic mass is 10.0. The first kappa shape index (κ1) is 15.1. The van der Waals surface area contributed by atoms with Crippen molar-refractivity contribution in [2.75, 3.05) is 0 Å². The van der Waals surface area contributed by atoms with E-state index in [0.29, 0.717) is 5.56 Å². The highest BCUT2D eigenvalue weighted by molar-refractivity contribution is 5.86. The van der Waals surface area contributed by atoms with Gasteiger partial charge < -0.3 is 11.1 Å². The van der Waals surface area contributed by atoms with Crippen LogP contribution in [-0.4, -0.2) is 11.8 Å². The van der Waals surface area contributed by atoms with Crippen LogP contribution in [0.25, 0.3) is 0 Å². The van der Waals surface area contributed by atoms with Gasteiger partial charge in [-0.1, -0.05) is 25.1 Å². The number of nitrogens with one attached hydrogen (secondary N) is 1. The number of amides is 2. The topological polar surface area (TPSA) is 72.2 Å². The average molecular weight is 265 g/mol. The summed E-state index contributed by atoms with van der Waals surface area (Å²) < 4.78 is 13.5. The summed E-state index contributed by atoms with van der Waals surface area (Å²) in [5, 5.41) is 2.64. The molecule has 1 aromatic carbocycles. The fourth-order valence-electron chi connectivity index (χ4n) is 1.58. The summed E-state index contributed by atoms with van der Waals surface area (Å²) in [7, 11) is 0. The Bertz CT molecular complexity index is 463. The van der Waals surface area contributed by atoms with Crippen LogP contribution in [0.4, 0.5) is 4.39 Å². The lowest BCUT2D eigenvalue weighted by Crippen LogP contribution is -2.29. The molecule has 0 aliphatic heterocycles. The van der Waals surface area contributed by atoms with Crippen molar-refractivity contribution in [3.8, 4) is 0 Å². The zero-order valence-electron chi connectivity index (χ0n) is 11.0. The molecule has 1 radical (unpaired) electrons. The summed E-state index contributed by atoms with van der Waals surface area (Å²) in [6, 6.07) is 5.82. The van der Waals surface area contributed by atoms with E-state index < -0.39 is 17.9 Å². The highest BCUT2D eigenvalue weighted by Crippen LogP contribution is 2.16. The van der Waals surface area contributed by atoms with Gasteiger partial charge in [0.2, 0.25) is 11.8 Å². The molecule has 0 aromatic heterocycles. The number of rotatable bonds is 6. The second kappa shape index (κ2) is 6.87. The van der Waals surface area contributed by atoms with Crippen LogP contribution in [0.2, 0.25) is 0 Å². The summed E-state index contributed by atoms with van der Waals surface area (Å²) in [6.45, 7) is 3.34. The van der Waals surface area contributed by atoms with E-state index in [2.05, 4.69) is 5.32 Å². The molecule has 19 heavy (non-hydrogen) atoms. The van der Waals surface area contributed by atoms with E-state index >= 15 is 0 Å². The van der Waals surface area contributed by atoms with Crippen LogP contribution in [0.5, 0.6) is 0 Å². The Morgan fingerprint density at radius 3 is 2.58 bits per heavy atom. The van der Waals surface area contributed by atoms with Gasteiger partial charge >= 0.3 is 0 Å². The number of halogens is 1. The van der Waals surface area contributed by atoms with Gasteiger partial charge in [-0.25, -0.2) is 4.39 Å². The maximum absolute atomic E-state index is 13.5. The molecule has 0 unspecified atom stereocenters. The van der Waals surface area contributed by atoms with Crippen molar-refractivity contribution in [2.24, 2.45) is 11.7 Å². The molecule has 0 saturated carbocycles. The molecule has 2 atom stereocenters. The summed E-state index contributed by atoms with van der Waals surface area (Å²) in [5.41, 5.74) is 5.52. The number of hydrogen-bond donors (Lipinski definition) is 2. The normalized spacial score (nSPS) is 13.6. The molecular weight excluding hydrogens is 247 g/mol. The van der Waals surface area contributed by atoms with E-state index in [4.69, 9.17) is 5.73 Å². The first-order chi connectivity index (χ1) is 8.91. The van der Waals surface area contributed by atoms with Crippen LogP contribution in [0, 0.1) is 18.2 Å². The van der Waals surface area contributed by atoms with Gasteiger partial charge in [-0.2, -0.15) is 0 Å². The molecular formula is C14H18FN2O2. The third-order valence-electron chi connectivity index (χ3n) is 2.87. The Balaban J connectivity index is 2.49. The number of hydrogen-bond acceptors (Lipinski definition) is 2. The van der Waals surface area contributed by atoms with Gasteiger partial charge in [0.25, 0.3) is 0 Å². The Hall–Kier alpha value is -1.91. The van der Waals surface area contributed by atoms with Gasteiger partial charge in [-0.05, 0) is 19.4 Å². The van der Waals surface area contributed by atoms with Crippen molar-refractivity contribution in [1.29, 1.82) is 0 Å². The first-order valence-electron chi connectivity index (χ1n) is 6.09. The lowest BCUT2D eigenvalue weighted by Gasteiger charge is -2.15. The maximum Gasteiger partial charge on any atom is 0.224 e. The molecule has 0 aliphatic carbocycles. The fourth-order valence-corrected chi connectivity index (χ4v) is 1.58. The van der Waals surface area contributed by atoms with Gasteiger partial charge in [0.15, 0.2) is 0 Å². The molecule has 0 spiro atoms. The Kier molecular flexibility index (Phi) is 5.48. The zero-order valence-corrected chi connectivity index (χ0v) is 11.0. The predicted molar refractivity (Wildman–Crippen MR) is 70.2 cm³/mol. The zero-order chi connectivity index (χ0) is 14.4. The third kappa shape index (κ3) is 4.69. The number of carbonyl (C=O) groups is 2. The van der Waals surface area contributed by atoms with Crippen molar-refractivity contribution in [3.63, 3.8) is 0 Å². The van der Waals surface area contributed by atoms with Crippen molar-refractivity contribution in [1.82, 2.24) is 5.32 Å². The van der Waals surface area contributed by atoms with Crippen molar-refractivity contribution >= 4 is 11.8 Å². The predicted octanol–water partition coefficient (Wildman–Crippen LogP) is 1.72. The Labute approximate surface area is 112 Å². The van der Waals surface area contributed by atoms with Crippen molar-refractivity contribution in [2.45, 2.75) is 26.3 Å². The molecule has 4 nitrogen and oxygen atoms in total. The van der Waals surface area contributed by atoms with E-state index in [0.717, 1.165) is 0 Å². The summed E-state index contributed by atoms with van der Waals surface area (Å²) in [4.78, 5) is 22.4. The van der Waals surface area contributed by atoms with Crippen molar-refractivity contribution < 1.29 is 14.0 Å². The summed E-state index contributed by atoms with van der Waals surface area (Å²) in [5.74, 6) is -1.55. The van der Waals surface area contributed by atoms with Gasteiger partial charge in [0, 0.05) is 11.5 Å². The van der Waals surface area contributed by atoms with Crippen LogP contribution in [0.3, 0.4) is 0 Å². The molecule has 1 rings (SSSR count). The monoisotopic (exact) mass is 265 g/mol. The minimum Gasteiger partial charge on any atom is -0.369 e. The van der Waals surface area contributed by atoms with Gasteiger partial charge in [0.05, 0.1) is 12.5 Å². The largest absolute Gasteiger partial charge is 0.369 e. The molecule has 103 valence electrons. The minimum atomic E-state index is -0.453. The number of primary amides is 1. The minimum absolute atomic E-state index is 0.269. The molecule has 1 aromatic rings. The van der Waals surface area contributed by atoms with E-state index in [9.17, 15) is 14.0 Å². The van der Waals surface area contributed by atoms with Crippen LogP contribution in [-0.2, 0) is 9.59 Å². The van der Waals surface area contributed by atoms with E-state index in [1.54, 1.807) is 32.0 Å². The number of carbonyl (C=O) groups excluding carboxylic acids is 2. The highest BCUT2D eigenvalue weighted by atomic mass is 19.1. The second-order valence-electron chi connectivity index (χ2n) is 4.50. The van der Waals surface area contributed by atoms with Crippen LogP contribution in [0.1, 0.15) is 31.9 Å². The average Bonchev–Trinajstić information content (AvgIpc) is 2.36. The Morgan fingerprint density at radius 2 is 2.00 bits per heavy atom. The first-order valence-corrected chi connectivity index (χ1v) is 6.09. The fraction of sp³-hybridized carbons (Fsp3) is 0.357. The maximum atomic E-state index is 13.5. The molecule has 5 heteroatoms. The Morgan fingerprint density at radius 1 is 1.37 bits per heavy atom. The van der Waals surface area contributed by atoms with Gasteiger partial charge in [-0.15, -0.1) is 0 Å². The molecule has 0 fully saturated rings. The van der Waals surface area contributed by atoms with Crippen LogP contribution < -0.4 is 11.1 Å². The standard InChI is InChI=1S/C14H18FN2O2/c1-9(14(16)19)7-8-13(18)17-10(2)11-5-3-4-6-12(11)15/h3-6,8-10H,7H2,1-2H3,(H2,16,19)(H,17,18)/t9-,10-/m0/s1. The molecule has 0 saturated heterocycles. The van der Waals surface area contributed by atoms with E-state index in [-0.39, 0.29) is 18.1 Å². The summed E-state index contributed by atoms with van der Waals surface area (Å²) >= 11 is 0. The number of benzene rings is 1. The third-order valence-corrected chi connectivity index (χ3v) is 2.87. The van der Waals surface area contributed by atoms with Gasteiger partial charge in [0.1, 0.15) is 5.82 Å². The quantitative estimate of drug-likeness (QED) is 0.822. The van der Waals surface area contributed by atoms with Crippen molar-refractivity contribution in [3.05, 3.63) is 42.1 Å². The second-order valence-corrected chi connectivity index (χ2v) is 4.50. The SMILES string of the molecule is C[C@H](NC(=O)[CH]C[C@H](C)C(N)=O)c1ccccc1F. The summed E-state index contributed by atoms with van der Waals surface area (Å²) in [6.07, 6.45) is 1.62. The molecule has 0 aliphatic rings. The molecule has 2 amide bonds. The number of nitrogens with two attached hydrogens (primary N) is 1. The van der Waals surface area contributed by atoms with E-state index in [1.807, 2.05) is 0 Å². The lowest BCUT2D eigenvalue weighted by molar-refractivity contribution is -0.121. The smallest absolute Gasteiger partial charge is 0.224 e. The van der Waals surface area contributed by atoms with Crippen LogP contribution in [0.15, 0.2) is 24.3 Å².